The molecule has 0 fully saturated rings. The highest BCUT2D eigenvalue weighted by molar-refractivity contribution is 7.21. The van der Waals surface area contributed by atoms with Crippen LogP contribution in [0.3, 0.4) is 0 Å². The molecule has 164 valence electrons. The number of aromatic hydroxyl groups is 2. The minimum atomic E-state index is -4.97. The zero-order valence-electron chi connectivity index (χ0n) is 16.3. The van der Waals surface area contributed by atoms with E-state index in [0.717, 1.165) is 28.4 Å². The first-order chi connectivity index (χ1) is 15.2. The molecule has 0 aliphatic heterocycles. The summed E-state index contributed by atoms with van der Waals surface area (Å²) < 4.78 is 47.7. The molecule has 0 atom stereocenters. The predicted octanol–water partition coefficient (Wildman–Crippen LogP) is 6.70. The van der Waals surface area contributed by atoms with Crippen molar-refractivity contribution in [3.8, 4) is 33.6 Å². The molecule has 11 heteroatoms. The summed E-state index contributed by atoms with van der Waals surface area (Å²) in [7, 11) is 1.57. The maximum absolute atomic E-state index is 12.6. The van der Waals surface area contributed by atoms with Gasteiger partial charge >= 0.3 is 6.36 Å². The second kappa shape index (κ2) is 8.35. The monoisotopic (exact) mass is 461 g/mol. The van der Waals surface area contributed by atoms with Crippen LogP contribution in [0.25, 0.3) is 20.8 Å². The molecule has 7 nitrogen and oxygen atoms in total. The number of ether oxygens (including phenoxy) is 2. The van der Waals surface area contributed by atoms with E-state index in [-0.39, 0.29) is 17.1 Å². The van der Waals surface area contributed by atoms with Crippen LogP contribution in [0, 0.1) is 0 Å². The number of nitrogens with zero attached hydrogens (tertiary/aromatic N) is 3. The minimum absolute atomic E-state index is 0.0302. The number of aromatic nitrogens is 1. The first-order valence-electron chi connectivity index (χ1n) is 9.00. The second-order valence-corrected chi connectivity index (χ2v) is 7.49. The summed E-state index contributed by atoms with van der Waals surface area (Å²) in [6, 6.07) is 13.1. The highest BCUT2D eigenvalue weighted by Gasteiger charge is 2.32. The summed E-state index contributed by atoms with van der Waals surface area (Å²) >= 11 is 1.41. The van der Waals surface area contributed by atoms with Crippen molar-refractivity contribution in [3.05, 3.63) is 54.6 Å². The first-order valence-corrected chi connectivity index (χ1v) is 9.82. The molecule has 0 radical (unpaired) electrons. The zero-order chi connectivity index (χ0) is 22.9. The smallest absolute Gasteiger partial charge is 0.508 e. The van der Waals surface area contributed by atoms with Crippen molar-refractivity contribution in [3.63, 3.8) is 0 Å². The lowest BCUT2D eigenvalue weighted by molar-refractivity contribution is -0.274. The van der Waals surface area contributed by atoms with E-state index in [2.05, 4.69) is 19.9 Å². The summed E-state index contributed by atoms with van der Waals surface area (Å²) in [6.07, 6.45) is -4.97. The topological polar surface area (TPSA) is 96.5 Å². The van der Waals surface area contributed by atoms with Gasteiger partial charge in [0.2, 0.25) is 0 Å². The Morgan fingerprint density at radius 3 is 2.41 bits per heavy atom. The molecule has 4 rings (SSSR count). The lowest BCUT2D eigenvalue weighted by Gasteiger charge is -2.10. The van der Waals surface area contributed by atoms with Crippen molar-refractivity contribution in [2.75, 3.05) is 7.11 Å². The molecule has 32 heavy (non-hydrogen) atoms. The number of thiazole rings is 1. The third-order valence-electron chi connectivity index (χ3n) is 4.25. The molecule has 0 amide bonds. The molecular formula is C21H14F3N3O4S. The molecular weight excluding hydrogens is 447 g/mol. The molecule has 2 N–H and O–H groups in total. The number of phenols is 2. The summed E-state index contributed by atoms with van der Waals surface area (Å²) in [5, 5.41) is 27.9. The highest BCUT2D eigenvalue weighted by atomic mass is 32.1. The van der Waals surface area contributed by atoms with Crippen LogP contribution >= 0.6 is 11.3 Å². The number of halogens is 3. The molecule has 1 aromatic heterocycles. The van der Waals surface area contributed by atoms with E-state index in [1.807, 2.05) is 12.1 Å². The number of benzene rings is 3. The SMILES string of the molecule is COc1ccc2nc(-c3ccc(N=Nc4ccc(O)cc4OC(F)(F)F)c(O)c3)sc2c1. The molecule has 0 saturated carbocycles. The summed E-state index contributed by atoms with van der Waals surface area (Å²) in [5.41, 5.74) is 1.16. The Morgan fingerprint density at radius 2 is 1.69 bits per heavy atom. The van der Waals surface area contributed by atoms with Crippen LogP contribution in [0.2, 0.25) is 0 Å². The van der Waals surface area contributed by atoms with Crippen molar-refractivity contribution in [1.29, 1.82) is 0 Å². The zero-order valence-corrected chi connectivity index (χ0v) is 17.1. The van der Waals surface area contributed by atoms with Crippen molar-refractivity contribution in [2.24, 2.45) is 10.2 Å². The van der Waals surface area contributed by atoms with Gasteiger partial charge in [0.15, 0.2) is 5.75 Å². The Bertz CT molecular complexity index is 1320. The molecule has 0 spiro atoms. The van der Waals surface area contributed by atoms with E-state index in [9.17, 15) is 23.4 Å². The van der Waals surface area contributed by atoms with Gasteiger partial charge in [0.1, 0.15) is 33.6 Å². The fourth-order valence-corrected chi connectivity index (χ4v) is 3.79. The van der Waals surface area contributed by atoms with Crippen molar-refractivity contribution < 1.29 is 32.9 Å². The van der Waals surface area contributed by atoms with E-state index in [0.29, 0.717) is 16.3 Å². The molecule has 0 bridgehead atoms. The quantitative estimate of drug-likeness (QED) is 0.323. The normalized spacial score (nSPS) is 11.9. The van der Waals surface area contributed by atoms with Crippen LogP contribution in [0.1, 0.15) is 0 Å². The predicted molar refractivity (Wildman–Crippen MR) is 112 cm³/mol. The Kier molecular flexibility index (Phi) is 5.57. The summed E-state index contributed by atoms with van der Waals surface area (Å²) in [4.78, 5) is 4.53. The third kappa shape index (κ3) is 4.72. The van der Waals surface area contributed by atoms with E-state index in [4.69, 9.17) is 4.74 Å². The number of phenolic OH excluding ortho intramolecular Hbond substituents is 2. The lowest BCUT2D eigenvalue weighted by Crippen LogP contribution is -2.17. The van der Waals surface area contributed by atoms with Crippen molar-refractivity contribution in [2.45, 2.75) is 6.36 Å². The number of azo groups is 1. The van der Waals surface area contributed by atoms with Crippen molar-refractivity contribution in [1.82, 2.24) is 4.98 Å². The molecule has 0 unspecified atom stereocenters. The Hall–Kier alpha value is -3.86. The van der Waals surface area contributed by atoms with Gasteiger partial charge in [0.25, 0.3) is 0 Å². The fourth-order valence-electron chi connectivity index (χ4n) is 2.80. The van der Waals surface area contributed by atoms with Gasteiger partial charge < -0.3 is 19.7 Å². The number of methoxy groups -OCH3 is 1. The Morgan fingerprint density at radius 1 is 0.938 bits per heavy atom. The Balaban J connectivity index is 1.61. The van der Waals surface area contributed by atoms with E-state index in [1.165, 1.54) is 23.5 Å². The summed E-state index contributed by atoms with van der Waals surface area (Å²) in [6.45, 7) is 0. The molecule has 1 heterocycles. The van der Waals surface area contributed by atoms with Gasteiger partial charge in [0, 0.05) is 11.6 Å². The van der Waals surface area contributed by atoms with E-state index < -0.39 is 17.9 Å². The van der Waals surface area contributed by atoms with Gasteiger partial charge in [-0.15, -0.1) is 34.7 Å². The van der Waals surface area contributed by atoms with Crippen LogP contribution in [0.5, 0.6) is 23.0 Å². The van der Waals surface area contributed by atoms with Gasteiger partial charge in [-0.25, -0.2) is 4.98 Å². The first kappa shape index (κ1) is 21.4. The van der Waals surface area contributed by atoms with Gasteiger partial charge in [-0.2, -0.15) is 0 Å². The second-order valence-electron chi connectivity index (χ2n) is 6.46. The molecule has 4 aromatic rings. The molecule has 0 saturated heterocycles. The van der Waals surface area contributed by atoms with Crippen LogP contribution in [0.4, 0.5) is 24.5 Å². The number of rotatable bonds is 5. The third-order valence-corrected chi connectivity index (χ3v) is 5.32. The fraction of sp³-hybridized carbons (Fsp3) is 0.0952. The number of fused-ring (bicyclic) bond motifs is 1. The summed E-state index contributed by atoms with van der Waals surface area (Å²) in [5.74, 6) is -0.680. The van der Waals surface area contributed by atoms with Crippen LogP contribution in [-0.4, -0.2) is 28.7 Å². The minimum Gasteiger partial charge on any atom is -0.508 e. The molecule has 0 aliphatic rings. The van der Waals surface area contributed by atoms with Gasteiger partial charge in [0.05, 0.1) is 17.3 Å². The maximum atomic E-state index is 12.6. The molecule has 3 aromatic carbocycles. The largest absolute Gasteiger partial charge is 0.573 e. The van der Waals surface area contributed by atoms with Gasteiger partial charge in [-0.1, -0.05) is 0 Å². The van der Waals surface area contributed by atoms with Crippen LogP contribution in [0.15, 0.2) is 64.8 Å². The van der Waals surface area contributed by atoms with Crippen molar-refractivity contribution >= 4 is 32.9 Å². The van der Waals surface area contributed by atoms with Gasteiger partial charge in [-0.05, 0) is 48.5 Å². The number of alkyl halides is 3. The lowest BCUT2D eigenvalue weighted by atomic mass is 10.2. The Labute approximate surface area is 183 Å². The average Bonchev–Trinajstić information content (AvgIpc) is 3.16. The number of hydrogen-bond donors (Lipinski definition) is 2. The highest BCUT2D eigenvalue weighted by Crippen LogP contribution is 2.39. The van der Waals surface area contributed by atoms with E-state index >= 15 is 0 Å². The number of hydrogen-bond acceptors (Lipinski definition) is 8. The maximum Gasteiger partial charge on any atom is 0.573 e. The molecule has 0 aliphatic carbocycles. The van der Waals surface area contributed by atoms with Crippen LogP contribution in [-0.2, 0) is 0 Å². The standard InChI is InChI=1S/C21H14F3N3O4S/c1-30-13-4-7-16-19(10-13)32-20(25-16)11-2-5-14(17(29)8-11)26-27-15-6-3-12(28)9-18(15)31-21(22,23)24/h2-10,28-29H,1H3. The van der Waals surface area contributed by atoms with Gasteiger partial charge in [-0.3, -0.25) is 0 Å². The van der Waals surface area contributed by atoms with E-state index in [1.54, 1.807) is 19.2 Å². The average molecular weight is 461 g/mol. The van der Waals surface area contributed by atoms with Crippen LogP contribution < -0.4 is 9.47 Å².